The molecule has 0 aliphatic heterocycles. The third kappa shape index (κ3) is 6.91. The molecule has 1 unspecified atom stereocenters. The van der Waals surface area contributed by atoms with Gasteiger partial charge >= 0.3 is 0 Å². The van der Waals surface area contributed by atoms with Crippen molar-refractivity contribution in [3.63, 3.8) is 0 Å². The second-order valence-electron chi connectivity index (χ2n) is 5.69. The van der Waals surface area contributed by atoms with Gasteiger partial charge in [-0.2, -0.15) is 0 Å². The zero-order chi connectivity index (χ0) is 17.4. The summed E-state index contributed by atoms with van der Waals surface area (Å²) >= 11 is 0. The zero-order valence-corrected chi connectivity index (χ0v) is 17.2. The van der Waals surface area contributed by atoms with E-state index >= 15 is 0 Å². The number of methoxy groups -OCH3 is 1. The van der Waals surface area contributed by atoms with Gasteiger partial charge in [-0.1, -0.05) is 42.5 Å². The van der Waals surface area contributed by atoms with Gasteiger partial charge in [-0.25, -0.2) is 4.99 Å². The number of rotatable bonds is 6. The fourth-order valence-corrected chi connectivity index (χ4v) is 2.26. The maximum atomic E-state index is 10.4. The van der Waals surface area contributed by atoms with Gasteiger partial charge in [-0.15, -0.1) is 24.0 Å². The Kier molecular flexibility index (Phi) is 9.30. The predicted molar refractivity (Wildman–Crippen MR) is 113 cm³/mol. The first kappa shape index (κ1) is 21.2. The molecule has 0 saturated carbocycles. The highest BCUT2D eigenvalue weighted by molar-refractivity contribution is 14.0. The molecular weight excluding hydrogens is 429 g/mol. The number of hydrogen-bond acceptors (Lipinski definition) is 3. The lowest BCUT2D eigenvalue weighted by molar-refractivity contribution is 0.179. The summed E-state index contributed by atoms with van der Waals surface area (Å²) < 4.78 is 5.19. The van der Waals surface area contributed by atoms with Gasteiger partial charge in [0, 0.05) is 20.6 Å². The lowest BCUT2D eigenvalue weighted by Gasteiger charge is -2.20. The lowest BCUT2D eigenvalue weighted by Crippen LogP contribution is -2.38. The predicted octanol–water partition coefficient (Wildman–Crippen LogP) is 3.05. The Bertz CT molecular complexity index is 663. The van der Waals surface area contributed by atoms with Crippen LogP contribution in [0.1, 0.15) is 17.2 Å². The number of halogens is 1. The number of nitrogens with zero attached hydrogens (tertiary/aromatic N) is 2. The summed E-state index contributed by atoms with van der Waals surface area (Å²) in [7, 11) is 5.47. The van der Waals surface area contributed by atoms with Crippen LogP contribution in [0.3, 0.4) is 0 Å². The summed E-state index contributed by atoms with van der Waals surface area (Å²) in [5.74, 6) is 1.47. The third-order valence-electron chi connectivity index (χ3n) is 3.61. The minimum Gasteiger partial charge on any atom is -0.497 e. The van der Waals surface area contributed by atoms with Crippen molar-refractivity contribution >= 4 is 29.9 Å². The molecule has 0 spiro atoms. The highest BCUT2D eigenvalue weighted by atomic mass is 127. The second kappa shape index (κ2) is 10.9. The van der Waals surface area contributed by atoms with Gasteiger partial charge in [0.25, 0.3) is 0 Å². The van der Waals surface area contributed by atoms with Crippen LogP contribution in [0.4, 0.5) is 0 Å². The molecule has 0 aliphatic rings. The normalized spacial score (nSPS) is 12.1. The molecule has 136 valence electrons. The van der Waals surface area contributed by atoms with Crippen LogP contribution in [0.2, 0.25) is 0 Å². The molecule has 5 nitrogen and oxygen atoms in total. The van der Waals surface area contributed by atoms with Gasteiger partial charge in [0.15, 0.2) is 5.96 Å². The van der Waals surface area contributed by atoms with Crippen LogP contribution in [0, 0.1) is 0 Å². The molecular formula is C19H26IN3O2. The van der Waals surface area contributed by atoms with Crippen molar-refractivity contribution in [1.82, 2.24) is 10.2 Å². The summed E-state index contributed by atoms with van der Waals surface area (Å²) in [6, 6.07) is 17.5. The molecule has 0 radical (unpaired) electrons. The number of guanidine groups is 1. The first-order valence-electron chi connectivity index (χ1n) is 7.91. The van der Waals surface area contributed by atoms with Crippen LogP contribution in [-0.2, 0) is 6.54 Å². The molecule has 0 heterocycles. The number of hydrogen-bond donors (Lipinski definition) is 2. The van der Waals surface area contributed by atoms with Gasteiger partial charge in [0.2, 0.25) is 0 Å². The minimum atomic E-state index is -0.637. The lowest BCUT2D eigenvalue weighted by atomic mass is 10.1. The number of aliphatic hydroxyl groups excluding tert-OH is 1. The summed E-state index contributed by atoms with van der Waals surface area (Å²) in [5, 5.41) is 13.6. The molecule has 2 N–H and O–H groups in total. The van der Waals surface area contributed by atoms with E-state index in [-0.39, 0.29) is 24.0 Å². The van der Waals surface area contributed by atoms with Crippen molar-refractivity contribution in [3.8, 4) is 5.75 Å². The number of nitrogens with one attached hydrogen (secondary N) is 1. The monoisotopic (exact) mass is 455 g/mol. The van der Waals surface area contributed by atoms with E-state index < -0.39 is 6.10 Å². The molecule has 0 fully saturated rings. The molecule has 0 saturated heterocycles. The summed E-state index contributed by atoms with van der Waals surface area (Å²) in [4.78, 5) is 6.49. The van der Waals surface area contributed by atoms with Crippen LogP contribution >= 0.6 is 24.0 Å². The van der Waals surface area contributed by atoms with Crippen molar-refractivity contribution in [3.05, 3.63) is 65.7 Å². The molecule has 1 atom stereocenters. The van der Waals surface area contributed by atoms with E-state index in [1.54, 1.807) is 7.11 Å². The average molecular weight is 455 g/mol. The Hall–Kier alpha value is -1.80. The maximum Gasteiger partial charge on any atom is 0.193 e. The van der Waals surface area contributed by atoms with Crippen molar-refractivity contribution in [2.75, 3.05) is 27.7 Å². The topological polar surface area (TPSA) is 57.1 Å². The van der Waals surface area contributed by atoms with Crippen molar-refractivity contribution in [2.45, 2.75) is 12.6 Å². The van der Waals surface area contributed by atoms with Crippen LogP contribution in [0.25, 0.3) is 0 Å². The van der Waals surface area contributed by atoms with Gasteiger partial charge in [-0.3, -0.25) is 0 Å². The first-order chi connectivity index (χ1) is 11.6. The summed E-state index contributed by atoms with van der Waals surface area (Å²) in [5.41, 5.74) is 1.95. The highest BCUT2D eigenvalue weighted by Gasteiger charge is 2.10. The Morgan fingerprint density at radius 1 is 1.16 bits per heavy atom. The van der Waals surface area contributed by atoms with Gasteiger partial charge in [0.1, 0.15) is 5.75 Å². The molecule has 2 rings (SSSR count). The van der Waals surface area contributed by atoms with E-state index in [0.717, 1.165) is 22.8 Å². The van der Waals surface area contributed by atoms with Crippen LogP contribution in [-0.4, -0.2) is 43.7 Å². The van der Waals surface area contributed by atoms with Crippen molar-refractivity contribution in [1.29, 1.82) is 0 Å². The molecule has 0 bridgehead atoms. The largest absolute Gasteiger partial charge is 0.497 e. The maximum absolute atomic E-state index is 10.4. The van der Waals surface area contributed by atoms with E-state index in [1.165, 1.54) is 0 Å². The van der Waals surface area contributed by atoms with E-state index in [0.29, 0.717) is 13.1 Å². The molecule has 6 heteroatoms. The Morgan fingerprint density at radius 3 is 2.52 bits per heavy atom. The zero-order valence-electron chi connectivity index (χ0n) is 14.8. The van der Waals surface area contributed by atoms with Gasteiger partial charge in [-0.05, 0) is 23.3 Å². The molecule has 0 aliphatic carbocycles. The van der Waals surface area contributed by atoms with Gasteiger partial charge in [0.05, 0.1) is 19.8 Å². The van der Waals surface area contributed by atoms with E-state index in [1.807, 2.05) is 73.6 Å². The van der Waals surface area contributed by atoms with E-state index in [2.05, 4.69) is 10.3 Å². The quantitative estimate of drug-likeness (QED) is 0.400. The molecule has 0 aromatic heterocycles. The average Bonchev–Trinajstić information content (AvgIpc) is 2.62. The molecule has 0 amide bonds. The molecule has 2 aromatic rings. The van der Waals surface area contributed by atoms with Gasteiger partial charge < -0.3 is 20.1 Å². The molecule has 2 aromatic carbocycles. The highest BCUT2D eigenvalue weighted by Crippen LogP contribution is 2.18. The van der Waals surface area contributed by atoms with Crippen molar-refractivity contribution < 1.29 is 9.84 Å². The van der Waals surface area contributed by atoms with Crippen LogP contribution in [0.5, 0.6) is 5.75 Å². The first-order valence-corrected chi connectivity index (χ1v) is 7.91. The third-order valence-corrected chi connectivity index (χ3v) is 3.61. The Morgan fingerprint density at radius 2 is 1.88 bits per heavy atom. The van der Waals surface area contributed by atoms with E-state index in [9.17, 15) is 5.11 Å². The summed E-state index contributed by atoms with van der Waals surface area (Å²) in [6.45, 7) is 0.968. The SMILES string of the molecule is COc1cccc(C(O)CNC(=NCc2ccccc2)N(C)C)c1.I. The number of aliphatic imine (C=N–C) groups is 1. The van der Waals surface area contributed by atoms with Crippen molar-refractivity contribution in [2.24, 2.45) is 4.99 Å². The smallest absolute Gasteiger partial charge is 0.193 e. The van der Waals surface area contributed by atoms with Crippen LogP contribution in [0.15, 0.2) is 59.6 Å². The fraction of sp³-hybridized carbons (Fsp3) is 0.316. The minimum absolute atomic E-state index is 0. The summed E-state index contributed by atoms with van der Waals surface area (Å²) in [6.07, 6.45) is -0.637. The number of ether oxygens (including phenoxy) is 1. The van der Waals surface area contributed by atoms with Crippen LogP contribution < -0.4 is 10.1 Å². The number of benzene rings is 2. The fourth-order valence-electron chi connectivity index (χ4n) is 2.26. The van der Waals surface area contributed by atoms with E-state index in [4.69, 9.17) is 4.74 Å². The molecule has 25 heavy (non-hydrogen) atoms. The number of aliphatic hydroxyl groups is 1. The standard InChI is InChI=1S/C19H25N3O2.HI/c1-22(2)19(20-13-15-8-5-4-6-9-15)21-14-18(23)16-10-7-11-17(12-16)24-3;/h4-12,18,23H,13-14H2,1-3H3,(H,20,21);1H. The Labute approximate surface area is 166 Å². The second-order valence-corrected chi connectivity index (χ2v) is 5.69. The Balaban J connectivity index is 0.00000312.